The summed E-state index contributed by atoms with van der Waals surface area (Å²) in [7, 11) is 1.85. The number of benzene rings is 2. The van der Waals surface area contributed by atoms with Gasteiger partial charge in [0.25, 0.3) is 11.5 Å². The van der Waals surface area contributed by atoms with Gasteiger partial charge in [0.15, 0.2) is 11.6 Å². The van der Waals surface area contributed by atoms with Crippen molar-refractivity contribution in [3.05, 3.63) is 111 Å². The van der Waals surface area contributed by atoms with E-state index in [4.69, 9.17) is 19.1 Å². The lowest BCUT2D eigenvalue weighted by molar-refractivity contribution is -0.151. The highest BCUT2D eigenvalue weighted by molar-refractivity contribution is 6.09. The first-order chi connectivity index (χ1) is 28.7. The number of amides is 3. The maximum atomic E-state index is 13.0. The number of anilines is 2. The summed E-state index contributed by atoms with van der Waals surface area (Å²) in [5.74, 6) is 6.23. The summed E-state index contributed by atoms with van der Waals surface area (Å²) in [6, 6.07) is 17.3. The number of piperidine rings is 2. The van der Waals surface area contributed by atoms with Gasteiger partial charge < -0.3 is 23.9 Å². The molecular formula is C46H41N7O6. The number of nitrogens with one attached hydrogen (secondary N) is 2. The molecule has 0 spiro atoms. The number of ether oxygens (including phenoxy) is 1. The first-order valence-electron chi connectivity index (χ1n) is 20.1. The van der Waals surface area contributed by atoms with Crippen LogP contribution in [0.1, 0.15) is 76.7 Å². The number of nitrogens with zero attached hydrogens (tertiary/aromatic N) is 5. The van der Waals surface area contributed by atoms with Crippen LogP contribution in [0.2, 0.25) is 0 Å². The average molecular weight is 788 g/mol. The van der Waals surface area contributed by atoms with E-state index in [1.54, 1.807) is 22.9 Å². The number of hydrogen-bond acceptors (Lipinski definition) is 10. The van der Waals surface area contributed by atoms with Gasteiger partial charge in [-0.25, -0.2) is 9.97 Å². The van der Waals surface area contributed by atoms with Crippen molar-refractivity contribution in [2.75, 3.05) is 31.2 Å². The van der Waals surface area contributed by atoms with Gasteiger partial charge in [0.1, 0.15) is 11.3 Å². The summed E-state index contributed by atoms with van der Waals surface area (Å²) in [6.45, 7) is 4.18. The van der Waals surface area contributed by atoms with E-state index in [2.05, 4.69) is 44.5 Å². The third-order valence-electron chi connectivity index (χ3n) is 12.6. The predicted octanol–water partition coefficient (Wildman–Crippen LogP) is 5.51. The van der Waals surface area contributed by atoms with E-state index < -0.39 is 5.41 Å². The minimum atomic E-state index is -0.729. The number of furan rings is 1. The van der Waals surface area contributed by atoms with Crippen molar-refractivity contribution in [2.45, 2.75) is 56.8 Å². The Morgan fingerprint density at radius 1 is 0.983 bits per heavy atom. The minimum Gasteiger partial charge on any atom is -0.448 e. The maximum absolute atomic E-state index is 13.0. The molecule has 3 saturated heterocycles. The first-order valence-corrected chi connectivity index (χ1v) is 20.1. The van der Waals surface area contributed by atoms with Crippen LogP contribution in [0.4, 0.5) is 11.4 Å². The lowest BCUT2D eigenvalue weighted by atomic mass is 9.55. The molecule has 11 rings (SSSR count). The predicted molar refractivity (Wildman–Crippen MR) is 220 cm³/mol. The second-order valence-corrected chi connectivity index (χ2v) is 16.1. The van der Waals surface area contributed by atoms with Crippen molar-refractivity contribution < 1.29 is 23.5 Å². The molecule has 5 aliphatic rings. The molecule has 4 aliphatic heterocycles. The second-order valence-electron chi connectivity index (χ2n) is 16.1. The molecule has 13 nitrogen and oxygen atoms in total. The van der Waals surface area contributed by atoms with Gasteiger partial charge in [-0.1, -0.05) is 18.1 Å². The Labute approximate surface area is 339 Å². The van der Waals surface area contributed by atoms with Crippen molar-refractivity contribution in [1.29, 1.82) is 0 Å². The Morgan fingerprint density at radius 3 is 2.63 bits per heavy atom. The summed E-state index contributed by atoms with van der Waals surface area (Å²) >= 11 is 0. The zero-order chi connectivity index (χ0) is 40.4. The number of aryl methyl sites for hydroxylation is 3. The van der Waals surface area contributed by atoms with Crippen LogP contribution in [0.5, 0.6) is 0 Å². The molecule has 296 valence electrons. The van der Waals surface area contributed by atoms with Crippen molar-refractivity contribution in [3.63, 3.8) is 0 Å². The summed E-state index contributed by atoms with van der Waals surface area (Å²) < 4.78 is 13.4. The molecule has 1 aliphatic carbocycles. The van der Waals surface area contributed by atoms with Gasteiger partial charge in [-0.15, -0.1) is 0 Å². The fraction of sp³-hybridized carbons (Fsp3) is 0.326. The Hall–Kier alpha value is -6.65. The van der Waals surface area contributed by atoms with Crippen molar-refractivity contribution in [3.8, 4) is 23.2 Å². The molecule has 1 saturated carbocycles. The molecular weight excluding hydrogens is 747 g/mol. The van der Waals surface area contributed by atoms with Gasteiger partial charge >= 0.3 is 0 Å². The van der Waals surface area contributed by atoms with Gasteiger partial charge in [0.05, 0.1) is 40.7 Å². The van der Waals surface area contributed by atoms with Gasteiger partial charge in [-0.2, -0.15) is 0 Å². The van der Waals surface area contributed by atoms with Crippen molar-refractivity contribution >= 4 is 51.0 Å². The molecule has 3 amide bonds. The van der Waals surface area contributed by atoms with Crippen LogP contribution in [0.25, 0.3) is 33.3 Å². The molecule has 2 bridgehead atoms. The smallest absolute Gasteiger partial charge is 0.270 e. The highest BCUT2D eigenvalue weighted by Gasteiger charge is 2.59. The van der Waals surface area contributed by atoms with E-state index in [-0.39, 0.29) is 41.4 Å². The van der Waals surface area contributed by atoms with Crippen molar-refractivity contribution in [2.24, 2.45) is 13.0 Å². The quantitative estimate of drug-likeness (QED) is 0.163. The van der Waals surface area contributed by atoms with Gasteiger partial charge in [-0.3, -0.25) is 29.5 Å². The highest BCUT2D eigenvalue weighted by Crippen LogP contribution is 2.52. The number of fused-ring (bicyclic) bond motifs is 5. The Bertz CT molecular complexity index is 2860. The number of carbonyl (C=O) groups excluding carboxylic acids is 3. The van der Waals surface area contributed by atoms with E-state index in [0.29, 0.717) is 47.1 Å². The minimum absolute atomic E-state index is 0.00435. The lowest BCUT2D eigenvalue weighted by Crippen LogP contribution is -2.64. The molecule has 0 radical (unpaired) electrons. The van der Waals surface area contributed by atoms with Crippen LogP contribution in [0.3, 0.4) is 0 Å². The van der Waals surface area contributed by atoms with Crippen LogP contribution < -0.4 is 21.1 Å². The summed E-state index contributed by atoms with van der Waals surface area (Å²) in [5, 5.41) is 7.11. The molecule has 6 aromatic rings. The molecule has 2 N–H and O–H groups in total. The number of imide groups is 1. The molecule has 4 aromatic heterocycles. The van der Waals surface area contributed by atoms with Crippen LogP contribution >= 0.6 is 0 Å². The average Bonchev–Trinajstić information content (AvgIpc) is 3.67. The van der Waals surface area contributed by atoms with E-state index in [0.717, 1.165) is 84.4 Å². The molecule has 8 heterocycles. The Morgan fingerprint density at radius 2 is 1.83 bits per heavy atom. The number of carbonyl (C=O) groups is 3. The molecule has 2 aromatic carbocycles. The molecule has 4 fully saturated rings. The fourth-order valence-corrected chi connectivity index (χ4v) is 9.32. The monoisotopic (exact) mass is 787 g/mol. The maximum Gasteiger partial charge on any atom is 0.270 e. The van der Waals surface area contributed by atoms with E-state index >= 15 is 0 Å². The molecule has 59 heavy (non-hydrogen) atoms. The Balaban J connectivity index is 0.843. The number of aromatic nitrogens is 4. The van der Waals surface area contributed by atoms with Gasteiger partial charge in [0.2, 0.25) is 11.8 Å². The number of rotatable bonds is 6. The van der Waals surface area contributed by atoms with E-state index in [1.165, 1.54) is 5.56 Å². The molecule has 13 heteroatoms. The number of pyridine rings is 2. The zero-order valence-corrected chi connectivity index (χ0v) is 32.8. The standard InChI is InChI=1S/C46H41N7O6/c1-26-18-33-37(52(2)44(26)56)19-29(27-12-16-58-17-13-27)20-38(33)53-15-5-8-35-39(53)25-49-41(50-35)28-10-11-36(48-24-28)43(55)47-14-4-6-31-21-32-34(7-3-9-40(32)59-31)46-22-30(23-46)42(54)51-45(46)57/h3,7,9-11,18-21,24-25,27,30H,5,8,12-17,22-23H2,1-2H3,(H,47,55)(H,51,54,57). The van der Waals surface area contributed by atoms with Crippen LogP contribution in [-0.2, 0) is 33.2 Å². The van der Waals surface area contributed by atoms with Crippen molar-refractivity contribution in [1.82, 2.24) is 30.2 Å². The topological polar surface area (TPSA) is 162 Å². The summed E-state index contributed by atoms with van der Waals surface area (Å²) in [4.78, 5) is 67.4. The Kier molecular flexibility index (Phi) is 8.90. The fourth-order valence-electron chi connectivity index (χ4n) is 9.32. The van der Waals surface area contributed by atoms with Gasteiger partial charge in [-0.05, 0) is 105 Å². The second kappa shape index (κ2) is 14.3. The van der Waals surface area contributed by atoms with E-state index in [1.807, 2.05) is 50.5 Å². The van der Waals surface area contributed by atoms with Gasteiger partial charge in [0, 0.05) is 66.9 Å². The third kappa shape index (κ3) is 6.26. The number of hydrogen-bond donors (Lipinski definition) is 2. The SMILES string of the molecule is Cc1cc2c(N3CCCc4nc(-c5ccc(C(=O)NCC#Cc6cc7c(C89CC(C8)C(=O)NC9=O)cccc7o6)nc5)ncc43)cc(C3CCOCC3)cc2n(C)c1=O. The molecule has 0 atom stereocenters. The van der Waals surface area contributed by atoms with Crippen LogP contribution in [-0.4, -0.2) is 63.5 Å². The van der Waals surface area contributed by atoms with Crippen LogP contribution in [0.15, 0.2) is 76.2 Å². The zero-order valence-electron chi connectivity index (χ0n) is 32.8. The lowest BCUT2D eigenvalue weighted by Gasteiger charge is -2.50. The third-order valence-corrected chi connectivity index (χ3v) is 12.6. The van der Waals surface area contributed by atoms with Crippen LogP contribution in [0, 0.1) is 24.7 Å². The van der Waals surface area contributed by atoms with E-state index in [9.17, 15) is 19.2 Å². The highest BCUT2D eigenvalue weighted by atomic mass is 16.5. The normalized spacial score (nSPS) is 20.1. The molecule has 0 unspecified atom stereocenters. The summed E-state index contributed by atoms with van der Waals surface area (Å²) in [5.41, 5.74) is 7.39. The first kappa shape index (κ1) is 36.7. The summed E-state index contributed by atoms with van der Waals surface area (Å²) in [6.07, 6.45) is 8.06. The largest absolute Gasteiger partial charge is 0.448 e.